The zero-order valence-electron chi connectivity index (χ0n) is 14.2. The Balaban J connectivity index is 2.08. The van der Waals surface area contributed by atoms with Crippen LogP contribution in [0.15, 0.2) is 41.0 Å². The zero-order valence-corrected chi connectivity index (χ0v) is 14.2. The van der Waals surface area contributed by atoms with Gasteiger partial charge in [-0.3, -0.25) is 4.99 Å². The Morgan fingerprint density at radius 2 is 1.95 bits per heavy atom. The number of ether oxygens (including phenoxy) is 1. The SMILES string of the molecule is CCN(CC)CCOc1ccccc1C1=NCN(C)C(C)=C1. The fraction of sp³-hybridized carbons (Fsp3) is 0.500. The molecule has 4 nitrogen and oxygen atoms in total. The van der Waals surface area contributed by atoms with Gasteiger partial charge in [-0.05, 0) is 38.2 Å². The number of aliphatic imine (C=N–C) groups is 1. The molecule has 120 valence electrons. The van der Waals surface area contributed by atoms with Gasteiger partial charge in [0.05, 0.1) is 5.71 Å². The molecular formula is C18H27N3O. The number of benzene rings is 1. The number of nitrogens with zero attached hydrogens (tertiary/aromatic N) is 3. The van der Waals surface area contributed by atoms with Crippen molar-refractivity contribution in [3.8, 4) is 5.75 Å². The van der Waals surface area contributed by atoms with Gasteiger partial charge in [0.25, 0.3) is 0 Å². The summed E-state index contributed by atoms with van der Waals surface area (Å²) in [5.41, 5.74) is 3.31. The topological polar surface area (TPSA) is 28.1 Å². The minimum Gasteiger partial charge on any atom is -0.492 e. The molecule has 1 heterocycles. The number of para-hydroxylation sites is 1. The van der Waals surface area contributed by atoms with Crippen LogP contribution in [0.3, 0.4) is 0 Å². The van der Waals surface area contributed by atoms with Crippen LogP contribution in [0.25, 0.3) is 0 Å². The van der Waals surface area contributed by atoms with Gasteiger partial charge in [-0.2, -0.15) is 0 Å². The third-order valence-electron chi connectivity index (χ3n) is 4.12. The lowest BCUT2D eigenvalue weighted by atomic mass is 10.1. The van der Waals surface area contributed by atoms with E-state index >= 15 is 0 Å². The number of allylic oxidation sites excluding steroid dienone is 2. The predicted octanol–water partition coefficient (Wildman–Crippen LogP) is 3.00. The molecule has 0 spiro atoms. The average Bonchev–Trinajstić information content (AvgIpc) is 2.55. The molecule has 0 saturated carbocycles. The average molecular weight is 301 g/mol. The second-order valence-electron chi connectivity index (χ2n) is 5.54. The van der Waals surface area contributed by atoms with E-state index in [2.05, 4.69) is 54.8 Å². The van der Waals surface area contributed by atoms with E-state index in [4.69, 9.17) is 4.74 Å². The van der Waals surface area contributed by atoms with Crippen molar-refractivity contribution in [1.29, 1.82) is 0 Å². The maximum absolute atomic E-state index is 6.02. The second kappa shape index (κ2) is 7.99. The Bertz CT molecular complexity index is 547. The van der Waals surface area contributed by atoms with Gasteiger partial charge in [0.1, 0.15) is 19.0 Å². The molecule has 0 bridgehead atoms. The van der Waals surface area contributed by atoms with E-state index in [9.17, 15) is 0 Å². The molecule has 0 radical (unpaired) electrons. The smallest absolute Gasteiger partial charge is 0.128 e. The summed E-state index contributed by atoms with van der Waals surface area (Å²) in [6, 6.07) is 8.17. The lowest BCUT2D eigenvalue weighted by Gasteiger charge is -2.23. The number of hydrogen-bond donors (Lipinski definition) is 0. The van der Waals surface area contributed by atoms with Crippen LogP contribution in [0.1, 0.15) is 26.3 Å². The normalized spacial score (nSPS) is 14.9. The summed E-state index contributed by atoms with van der Waals surface area (Å²) in [5, 5.41) is 0. The van der Waals surface area contributed by atoms with E-state index in [1.54, 1.807) is 0 Å². The largest absolute Gasteiger partial charge is 0.492 e. The van der Waals surface area contributed by atoms with Gasteiger partial charge in [-0.15, -0.1) is 0 Å². The highest BCUT2D eigenvalue weighted by atomic mass is 16.5. The summed E-state index contributed by atoms with van der Waals surface area (Å²) in [6.07, 6.45) is 2.12. The molecule has 0 saturated heterocycles. The van der Waals surface area contributed by atoms with E-state index in [0.29, 0.717) is 13.3 Å². The molecule has 0 unspecified atom stereocenters. The molecule has 22 heavy (non-hydrogen) atoms. The minimum atomic E-state index is 0.700. The molecule has 1 aliphatic rings. The van der Waals surface area contributed by atoms with Crippen molar-refractivity contribution in [2.75, 3.05) is 40.0 Å². The first-order chi connectivity index (χ1) is 10.7. The first-order valence-corrected chi connectivity index (χ1v) is 8.04. The summed E-state index contributed by atoms with van der Waals surface area (Å²) in [4.78, 5) is 9.14. The number of rotatable bonds is 7. The van der Waals surface area contributed by atoms with Crippen LogP contribution >= 0.6 is 0 Å². The van der Waals surface area contributed by atoms with Crippen molar-refractivity contribution < 1.29 is 4.74 Å². The van der Waals surface area contributed by atoms with E-state index in [-0.39, 0.29) is 0 Å². The molecule has 0 N–H and O–H groups in total. The van der Waals surface area contributed by atoms with Crippen molar-refractivity contribution in [3.05, 3.63) is 41.6 Å². The van der Waals surface area contributed by atoms with Gasteiger partial charge in [0, 0.05) is 24.9 Å². The molecule has 0 atom stereocenters. The maximum Gasteiger partial charge on any atom is 0.128 e. The second-order valence-corrected chi connectivity index (χ2v) is 5.54. The summed E-state index contributed by atoms with van der Waals surface area (Å²) in [7, 11) is 2.05. The maximum atomic E-state index is 6.02. The zero-order chi connectivity index (χ0) is 15.9. The van der Waals surface area contributed by atoms with Gasteiger partial charge in [-0.25, -0.2) is 0 Å². The lowest BCUT2D eigenvalue weighted by Crippen LogP contribution is -2.28. The molecule has 1 aromatic rings. The standard InChI is InChI=1S/C18H27N3O/c1-5-21(6-2)11-12-22-18-10-8-7-9-16(18)17-13-15(3)20(4)14-19-17/h7-10,13H,5-6,11-12,14H2,1-4H3. The van der Waals surface area contributed by atoms with Crippen molar-refractivity contribution in [2.45, 2.75) is 20.8 Å². The van der Waals surface area contributed by atoms with Crippen molar-refractivity contribution in [3.63, 3.8) is 0 Å². The predicted molar refractivity (Wildman–Crippen MR) is 92.6 cm³/mol. The summed E-state index contributed by atoms with van der Waals surface area (Å²) >= 11 is 0. The van der Waals surface area contributed by atoms with E-state index < -0.39 is 0 Å². The van der Waals surface area contributed by atoms with Crippen LogP contribution in [-0.2, 0) is 0 Å². The lowest BCUT2D eigenvalue weighted by molar-refractivity contribution is 0.222. The minimum absolute atomic E-state index is 0.700. The van der Waals surface area contributed by atoms with Crippen LogP contribution in [-0.4, -0.2) is 55.5 Å². The highest BCUT2D eigenvalue weighted by molar-refractivity contribution is 6.11. The quantitative estimate of drug-likeness (QED) is 0.775. The summed E-state index contributed by atoms with van der Waals surface area (Å²) < 4.78 is 6.02. The molecular weight excluding hydrogens is 274 g/mol. The molecule has 1 aromatic carbocycles. The first kappa shape index (κ1) is 16.6. The molecule has 1 aliphatic heterocycles. The van der Waals surface area contributed by atoms with E-state index in [0.717, 1.165) is 36.7 Å². The molecule has 0 fully saturated rings. The number of likely N-dealkylation sites (N-methyl/N-ethyl adjacent to an activating group) is 1. The van der Waals surface area contributed by atoms with Crippen molar-refractivity contribution >= 4 is 5.71 Å². The molecule has 0 aromatic heterocycles. The fourth-order valence-electron chi connectivity index (χ4n) is 2.44. The molecule has 4 heteroatoms. The number of hydrogen-bond acceptors (Lipinski definition) is 4. The molecule has 0 amide bonds. The third-order valence-corrected chi connectivity index (χ3v) is 4.12. The Morgan fingerprint density at radius 3 is 2.64 bits per heavy atom. The van der Waals surface area contributed by atoms with Crippen LogP contribution in [0.2, 0.25) is 0 Å². The van der Waals surface area contributed by atoms with E-state index in [1.807, 2.05) is 18.2 Å². The van der Waals surface area contributed by atoms with Gasteiger partial charge in [-0.1, -0.05) is 26.0 Å². The van der Waals surface area contributed by atoms with Gasteiger partial charge in [0.2, 0.25) is 0 Å². The van der Waals surface area contributed by atoms with Crippen molar-refractivity contribution in [2.24, 2.45) is 4.99 Å². The molecule has 2 rings (SSSR count). The summed E-state index contributed by atoms with van der Waals surface area (Å²) in [5.74, 6) is 0.919. The Morgan fingerprint density at radius 1 is 1.23 bits per heavy atom. The van der Waals surface area contributed by atoms with Crippen LogP contribution in [0.5, 0.6) is 5.75 Å². The van der Waals surface area contributed by atoms with Gasteiger partial charge >= 0.3 is 0 Å². The molecule has 0 aliphatic carbocycles. The highest BCUT2D eigenvalue weighted by Crippen LogP contribution is 2.22. The third kappa shape index (κ3) is 4.10. The Labute approximate surface area is 134 Å². The van der Waals surface area contributed by atoms with E-state index in [1.165, 1.54) is 5.70 Å². The van der Waals surface area contributed by atoms with Gasteiger partial charge in [0.15, 0.2) is 0 Å². The van der Waals surface area contributed by atoms with Crippen LogP contribution in [0.4, 0.5) is 0 Å². The van der Waals surface area contributed by atoms with Gasteiger partial charge < -0.3 is 14.5 Å². The first-order valence-electron chi connectivity index (χ1n) is 8.04. The Hall–Kier alpha value is -1.81. The highest BCUT2D eigenvalue weighted by Gasteiger charge is 2.13. The van der Waals surface area contributed by atoms with Crippen LogP contribution in [0, 0.1) is 0 Å². The fourth-order valence-corrected chi connectivity index (χ4v) is 2.44. The van der Waals surface area contributed by atoms with Crippen LogP contribution < -0.4 is 4.74 Å². The Kier molecular flexibility index (Phi) is 6.01. The monoisotopic (exact) mass is 301 g/mol. The van der Waals surface area contributed by atoms with Crippen molar-refractivity contribution in [1.82, 2.24) is 9.80 Å². The summed E-state index contributed by atoms with van der Waals surface area (Å²) in [6.45, 7) is 10.9.